The summed E-state index contributed by atoms with van der Waals surface area (Å²) in [5, 5.41) is 2.72. The van der Waals surface area contributed by atoms with E-state index in [0.29, 0.717) is 6.54 Å². The Morgan fingerprint density at radius 2 is 1.48 bits per heavy atom. The van der Waals surface area contributed by atoms with Crippen LogP contribution in [-0.2, 0) is 11.3 Å². The van der Waals surface area contributed by atoms with E-state index in [-0.39, 0.29) is 6.61 Å². The number of hydrogen-bond donors (Lipinski definition) is 1. The summed E-state index contributed by atoms with van der Waals surface area (Å²) in [4.78, 5) is 14.1. The highest BCUT2D eigenvalue weighted by molar-refractivity contribution is 7.99. The second kappa shape index (κ2) is 10.2. The fraction of sp³-hybridized carbons (Fsp3) is 0.0870. The second-order valence-corrected chi connectivity index (χ2v) is 6.98. The van der Waals surface area contributed by atoms with Gasteiger partial charge in [-0.25, -0.2) is 4.79 Å². The van der Waals surface area contributed by atoms with Crippen LogP contribution < -0.4 is 5.32 Å². The summed E-state index contributed by atoms with van der Waals surface area (Å²) in [7, 11) is 0. The smallest absolute Gasteiger partial charge is 0.407 e. The molecule has 0 atom stereocenters. The van der Waals surface area contributed by atoms with E-state index in [1.165, 1.54) is 9.79 Å². The molecule has 0 fully saturated rings. The Bertz CT molecular complexity index is 862. The summed E-state index contributed by atoms with van der Waals surface area (Å²) >= 11 is 1.73. The molecule has 3 rings (SSSR count). The van der Waals surface area contributed by atoms with E-state index in [9.17, 15) is 4.79 Å². The van der Waals surface area contributed by atoms with Crippen molar-refractivity contribution in [2.24, 2.45) is 0 Å². The molecule has 1 amide bonds. The molecule has 136 valence electrons. The van der Waals surface area contributed by atoms with Crippen LogP contribution in [-0.4, -0.2) is 12.6 Å². The Kier molecular flexibility index (Phi) is 7.13. The lowest BCUT2D eigenvalue weighted by Crippen LogP contribution is -2.24. The molecule has 0 aromatic heterocycles. The van der Waals surface area contributed by atoms with Crippen LogP contribution in [0.15, 0.2) is 101 Å². The van der Waals surface area contributed by atoms with Crippen LogP contribution >= 0.6 is 11.8 Å². The standard InChI is InChI=1S/C23H21NO2S/c25-23(26-18-20-8-3-1-4-9-20)24-17-7-10-19-13-15-22(16-14-19)27-21-11-5-2-6-12-21/h1-16H,17-18H2,(H,24,25). The van der Waals surface area contributed by atoms with Gasteiger partial charge in [0.25, 0.3) is 0 Å². The van der Waals surface area contributed by atoms with E-state index in [1.54, 1.807) is 11.8 Å². The second-order valence-electron chi connectivity index (χ2n) is 5.83. The molecule has 27 heavy (non-hydrogen) atoms. The fourth-order valence-corrected chi connectivity index (χ4v) is 3.22. The summed E-state index contributed by atoms with van der Waals surface area (Å²) in [5.74, 6) is 0. The van der Waals surface area contributed by atoms with Crippen LogP contribution in [0, 0.1) is 0 Å². The summed E-state index contributed by atoms with van der Waals surface area (Å²) in [5.41, 5.74) is 2.06. The first-order valence-corrected chi connectivity index (χ1v) is 9.55. The van der Waals surface area contributed by atoms with Crippen molar-refractivity contribution in [3.8, 4) is 0 Å². The van der Waals surface area contributed by atoms with E-state index in [0.717, 1.165) is 11.1 Å². The first-order chi connectivity index (χ1) is 13.3. The number of hydrogen-bond acceptors (Lipinski definition) is 3. The highest BCUT2D eigenvalue weighted by atomic mass is 32.2. The van der Waals surface area contributed by atoms with Crippen molar-refractivity contribution in [2.75, 3.05) is 6.54 Å². The Balaban J connectivity index is 1.39. The minimum Gasteiger partial charge on any atom is -0.445 e. The SMILES string of the molecule is O=C(NCC=Cc1ccc(Sc2ccccc2)cc1)OCc1ccccc1. The molecule has 3 aromatic carbocycles. The zero-order valence-corrected chi connectivity index (χ0v) is 15.7. The van der Waals surface area contributed by atoms with Gasteiger partial charge in [0.1, 0.15) is 6.61 Å². The molecule has 0 spiro atoms. The van der Waals surface area contributed by atoms with Crippen molar-refractivity contribution in [3.63, 3.8) is 0 Å². The maximum atomic E-state index is 11.7. The molecule has 0 radical (unpaired) electrons. The minimum atomic E-state index is -0.418. The summed E-state index contributed by atoms with van der Waals surface area (Å²) in [6.07, 6.45) is 3.47. The van der Waals surface area contributed by atoms with Gasteiger partial charge in [-0.2, -0.15) is 0 Å². The number of carbonyl (C=O) groups excluding carboxylic acids is 1. The van der Waals surface area contributed by atoms with Gasteiger partial charge < -0.3 is 10.1 Å². The van der Waals surface area contributed by atoms with E-state index >= 15 is 0 Å². The van der Waals surface area contributed by atoms with Gasteiger partial charge in [-0.15, -0.1) is 0 Å². The van der Waals surface area contributed by atoms with Gasteiger partial charge in [-0.1, -0.05) is 84.6 Å². The molecule has 0 aliphatic rings. The van der Waals surface area contributed by atoms with Crippen molar-refractivity contribution < 1.29 is 9.53 Å². The van der Waals surface area contributed by atoms with Crippen LogP contribution in [0.1, 0.15) is 11.1 Å². The molecule has 0 unspecified atom stereocenters. The molecule has 0 aliphatic carbocycles. The third kappa shape index (κ3) is 6.68. The Hall–Kier alpha value is -2.98. The van der Waals surface area contributed by atoms with Gasteiger partial charge in [0.2, 0.25) is 0 Å². The van der Waals surface area contributed by atoms with Crippen LogP contribution in [0.25, 0.3) is 6.08 Å². The third-order valence-corrected chi connectivity index (χ3v) is 4.76. The highest BCUT2D eigenvalue weighted by Crippen LogP contribution is 2.27. The van der Waals surface area contributed by atoms with Crippen molar-refractivity contribution in [2.45, 2.75) is 16.4 Å². The topological polar surface area (TPSA) is 38.3 Å². The first-order valence-electron chi connectivity index (χ1n) is 8.74. The molecule has 0 saturated carbocycles. The molecular formula is C23H21NO2S. The maximum Gasteiger partial charge on any atom is 0.407 e. The fourth-order valence-electron chi connectivity index (χ4n) is 2.38. The minimum absolute atomic E-state index is 0.275. The first kappa shape index (κ1) is 18.8. The molecular weight excluding hydrogens is 354 g/mol. The number of benzene rings is 3. The number of carbonyl (C=O) groups is 1. The molecule has 0 aliphatic heterocycles. The van der Waals surface area contributed by atoms with E-state index in [1.807, 2.05) is 60.7 Å². The van der Waals surface area contributed by atoms with Gasteiger partial charge in [0.05, 0.1) is 0 Å². The molecule has 3 aromatic rings. The lowest BCUT2D eigenvalue weighted by atomic mass is 10.2. The lowest BCUT2D eigenvalue weighted by molar-refractivity contribution is 0.141. The Morgan fingerprint density at radius 3 is 2.19 bits per heavy atom. The summed E-state index contributed by atoms with van der Waals surface area (Å²) < 4.78 is 5.17. The number of nitrogens with one attached hydrogen (secondary N) is 1. The number of alkyl carbamates (subject to hydrolysis) is 1. The Labute approximate surface area is 164 Å². The number of amides is 1. The predicted molar refractivity (Wildman–Crippen MR) is 111 cm³/mol. The van der Waals surface area contributed by atoms with E-state index in [4.69, 9.17) is 4.74 Å². The largest absolute Gasteiger partial charge is 0.445 e. The third-order valence-electron chi connectivity index (χ3n) is 3.75. The normalized spacial score (nSPS) is 10.7. The molecule has 0 bridgehead atoms. The van der Waals surface area contributed by atoms with Gasteiger partial charge in [-0.05, 0) is 35.4 Å². The van der Waals surface area contributed by atoms with Gasteiger partial charge >= 0.3 is 6.09 Å². The van der Waals surface area contributed by atoms with E-state index in [2.05, 4.69) is 41.7 Å². The zero-order valence-electron chi connectivity index (χ0n) is 14.9. The van der Waals surface area contributed by atoms with Crippen molar-refractivity contribution >= 4 is 23.9 Å². The maximum absolute atomic E-state index is 11.7. The lowest BCUT2D eigenvalue weighted by Gasteiger charge is -2.05. The van der Waals surface area contributed by atoms with Crippen molar-refractivity contribution in [1.82, 2.24) is 5.32 Å². The average molecular weight is 375 g/mol. The zero-order chi connectivity index (χ0) is 18.7. The molecule has 0 heterocycles. The molecule has 0 saturated heterocycles. The summed E-state index contributed by atoms with van der Waals surface area (Å²) in [6.45, 7) is 0.699. The Morgan fingerprint density at radius 1 is 0.852 bits per heavy atom. The predicted octanol–water partition coefficient (Wildman–Crippen LogP) is 5.78. The van der Waals surface area contributed by atoms with Crippen molar-refractivity contribution in [1.29, 1.82) is 0 Å². The summed E-state index contributed by atoms with van der Waals surface area (Å²) in [6, 6.07) is 28.2. The average Bonchev–Trinajstić information content (AvgIpc) is 2.72. The van der Waals surface area contributed by atoms with Crippen LogP contribution in [0.3, 0.4) is 0 Å². The van der Waals surface area contributed by atoms with Gasteiger partial charge in [-0.3, -0.25) is 0 Å². The number of rotatable bonds is 7. The van der Waals surface area contributed by atoms with Crippen LogP contribution in [0.5, 0.6) is 0 Å². The molecule has 4 heteroatoms. The number of ether oxygens (including phenoxy) is 1. The quantitative estimate of drug-likeness (QED) is 0.569. The molecule has 3 nitrogen and oxygen atoms in total. The highest BCUT2D eigenvalue weighted by Gasteiger charge is 2.00. The van der Waals surface area contributed by atoms with Crippen molar-refractivity contribution in [3.05, 3.63) is 102 Å². The molecule has 1 N–H and O–H groups in total. The van der Waals surface area contributed by atoms with Gasteiger partial charge in [0, 0.05) is 16.3 Å². The van der Waals surface area contributed by atoms with Gasteiger partial charge in [0.15, 0.2) is 0 Å². The monoisotopic (exact) mass is 375 g/mol. The van der Waals surface area contributed by atoms with Crippen LogP contribution in [0.4, 0.5) is 4.79 Å². The van der Waals surface area contributed by atoms with Crippen LogP contribution in [0.2, 0.25) is 0 Å². The van der Waals surface area contributed by atoms with E-state index < -0.39 is 6.09 Å².